The number of anilines is 1. The van der Waals surface area contributed by atoms with Gasteiger partial charge in [-0.3, -0.25) is 4.79 Å². The smallest absolute Gasteiger partial charge is 0.319 e. The molecule has 21 heavy (non-hydrogen) atoms. The first-order chi connectivity index (χ1) is 9.96. The topological polar surface area (TPSA) is 102 Å². The van der Waals surface area contributed by atoms with Gasteiger partial charge >= 0.3 is 12.0 Å². The van der Waals surface area contributed by atoms with Gasteiger partial charge < -0.3 is 15.7 Å². The number of hydrogen-bond donors (Lipinski definition) is 3. The largest absolute Gasteiger partial charge is 0.481 e. The fraction of sp³-hybridized carbons (Fsp3) is 0.357. The number of carbonyl (C=O) groups is 2. The average molecular weight is 354 g/mol. The van der Waals surface area contributed by atoms with Crippen molar-refractivity contribution in [3.05, 3.63) is 28.2 Å². The van der Waals surface area contributed by atoms with Crippen LogP contribution in [0.4, 0.5) is 10.5 Å². The first-order valence-electron chi connectivity index (χ1n) is 6.42. The molecule has 0 spiro atoms. The Bertz CT molecular complexity index is 569. The van der Waals surface area contributed by atoms with Crippen LogP contribution in [0, 0.1) is 17.2 Å². The van der Waals surface area contributed by atoms with E-state index in [1.165, 1.54) is 0 Å². The molecule has 0 aliphatic heterocycles. The molecular weight excluding hydrogens is 338 g/mol. The Morgan fingerprint density at radius 3 is 2.71 bits per heavy atom. The lowest BCUT2D eigenvalue weighted by molar-refractivity contribution is -0.138. The standard InChI is InChI=1S/C14H16BrN3O3/c1-2-9(6-13(19)20)8-17-14(21)18-12-4-3-10(7-16)5-11(12)15/h3-5,9H,2,6,8H2,1H3,(H,19,20)(H2,17,18,21). The number of benzene rings is 1. The highest BCUT2D eigenvalue weighted by Crippen LogP contribution is 2.23. The summed E-state index contributed by atoms with van der Waals surface area (Å²) in [6, 6.07) is 6.41. The predicted octanol–water partition coefficient (Wildman–Crippen LogP) is 2.94. The molecule has 3 N–H and O–H groups in total. The fourth-order valence-electron chi connectivity index (χ4n) is 1.70. The molecule has 0 fully saturated rings. The number of nitriles is 1. The molecule has 112 valence electrons. The number of aliphatic carboxylic acids is 1. The third kappa shape index (κ3) is 5.83. The number of rotatable bonds is 6. The van der Waals surface area contributed by atoms with Crippen LogP contribution < -0.4 is 10.6 Å². The number of nitrogens with one attached hydrogen (secondary N) is 2. The number of urea groups is 1. The number of carboxylic acids is 1. The minimum atomic E-state index is -0.876. The van der Waals surface area contributed by atoms with Crippen LogP contribution in [0.25, 0.3) is 0 Å². The normalized spacial score (nSPS) is 11.3. The van der Waals surface area contributed by atoms with E-state index >= 15 is 0 Å². The maximum absolute atomic E-state index is 11.8. The van der Waals surface area contributed by atoms with Crippen molar-refractivity contribution in [3.63, 3.8) is 0 Å². The summed E-state index contributed by atoms with van der Waals surface area (Å²) in [6.45, 7) is 2.17. The van der Waals surface area contributed by atoms with E-state index in [1.807, 2.05) is 13.0 Å². The van der Waals surface area contributed by atoms with E-state index in [0.29, 0.717) is 28.7 Å². The summed E-state index contributed by atoms with van der Waals surface area (Å²) in [6.07, 6.45) is 0.699. The Morgan fingerprint density at radius 1 is 1.48 bits per heavy atom. The van der Waals surface area contributed by atoms with Crippen LogP contribution in [0.3, 0.4) is 0 Å². The second-order valence-electron chi connectivity index (χ2n) is 4.51. The number of carboxylic acid groups (broad SMARTS) is 1. The van der Waals surface area contributed by atoms with Crippen molar-refractivity contribution < 1.29 is 14.7 Å². The van der Waals surface area contributed by atoms with Crippen LogP contribution in [0.1, 0.15) is 25.3 Å². The summed E-state index contributed by atoms with van der Waals surface area (Å²) in [5.74, 6) is -0.975. The molecule has 0 heterocycles. The molecular formula is C14H16BrN3O3. The highest BCUT2D eigenvalue weighted by Gasteiger charge is 2.13. The molecule has 0 saturated heterocycles. The van der Waals surface area contributed by atoms with Gasteiger partial charge in [-0.15, -0.1) is 0 Å². The monoisotopic (exact) mass is 353 g/mol. The Hall–Kier alpha value is -2.07. The zero-order valence-corrected chi connectivity index (χ0v) is 13.1. The molecule has 0 aliphatic carbocycles. The van der Waals surface area contributed by atoms with Gasteiger partial charge in [-0.25, -0.2) is 4.79 Å². The molecule has 1 atom stereocenters. The Balaban J connectivity index is 2.54. The Kier molecular flexibility index (Phi) is 6.69. The van der Waals surface area contributed by atoms with E-state index in [2.05, 4.69) is 26.6 Å². The van der Waals surface area contributed by atoms with Gasteiger partial charge in [0.25, 0.3) is 0 Å². The molecule has 0 aromatic heterocycles. The van der Waals surface area contributed by atoms with Gasteiger partial charge in [-0.1, -0.05) is 13.3 Å². The molecule has 2 amide bonds. The molecule has 1 aromatic carbocycles. The lowest BCUT2D eigenvalue weighted by atomic mass is 10.0. The van der Waals surface area contributed by atoms with E-state index in [0.717, 1.165) is 0 Å². The SMILES string of the molecule is CCC(CNC(=O)Nc1ccc(C#N)cc1Br)CC(=O)O. The zero-order valence-electron chi connectivity index (χ0n) is 11.5. The zero-order chi connectivity index (χ0) is 15.8. The second-order valence-corrected chi connectivity index (χ2v) is 5.37. The lowest BCUT2D eigenvalue weighted by Crippen LogP contribution is -2.33. The summed E-state index contributed by atoms with van der Waals surface area (Å²) in [5, 5.41) is 22.8. The van der Waals surface area contributed by atoms with E-state index < -0.39 is 12.0 Å². The molecule has 0 radical (unpaired) electrons. The molecule has 1 rings (SSSR count). The summed E-state index contributed by atoms with van der Waals surface area (Å²) >= 11 is 3.27. The minimum Gasteiger partial charge on any atom is -0.481 e. The summed E-state index contributed by atoms with van der Waals surface area (Å²) in [5.41, 5.74) is 1.03. The summed E-state index contributed by atoms with van der Waals surface area (Å²) < 4.78 is 0.606. The van der Waals surface area contributed by atoms with Crippen molar-refractivity contribution in [2.24, 2.45) is 5.92 Å². The molecule has 0 saturated carbocycles. The van der Waals surface area contributed by atoms with Gasteiger partial charge in [0, 0.05) is 17.4 Å². The Morgan fingerprint density at radius 2 is 2.19 bits per heavy atom. The van der Waals surface area contributed by atoms with Crippen molar-refractivity contribution in [1.82, 2.24) is 5.32 Å². The summed E-state index contributed by atoms with van der Waals surface area (Å²) in [4.78, 5) is 22.4. The summed E-state index contributed by atoms with van der Waals surface area (Å²) in [7, 11) is 0. The quantitative estimate of drug-likeness (QED) is 0.731. The van der Waals surface area contributed by atoms with Crippen LogP contribution in [-0.2, 0) is 4.79 Å². The van der Waals surface area contributed by atoms with Crippen LogP contribution in [-0.4, -0.2) is 23.7 Å². The van der Waals surface area contributed by atoms with Crippen molar-refractivity contribution in [1.29, 1.82) is 5.26 Å². The third-order valence-electron chi connectivity index (χ3n) is 2.94. The number of nitrogens with zero attached hydrogens (tertiary/aromatic N) is 1. The second kappa shape index (κ2) is 8.27. The highest BCUT2D eigenvalue weighted by atomic mass is 79.9. The van der Waals surface area contributed by atoms with Crippen LogP contribution in [0.2, 0.25) is 0 Å². The molecule has 0 bridgehead atoms. The van der Waals surface area contributed by atoms with Crippen molar-refractivity contribution in [3.8, 4) is 6.07 Å². The van der Waals surface area contributed by atoms with Gasteiger partial charge in [0.1, 0.15) is 0 Å². The Labute approximate surface area is 131 Å². The molecule has 1 aromatic rings. The van der Waals surface area contributed by atoms with E-state index in [9.17, 15) is 9.59 Å². The predicted molar refractivity (Wildman–Crippen MR) is 81.9 cm³/mol. The first kappa shape index (κ1) is 17.0. The average Bonchev–Trinajstić information content (AvgIpc) is 2.45. The number of halogens is 1. The van der Waals surface area contributed by atoms with Crippen molar-refractivity contribution in [2.45, 2.75) is 19.8 Å². The number of carbonyl (C=O) groups excluding carboxylic acids is 1. The van der Waals surface area contributed by atoms with Crippen LogP contribution in [0.15, 0.2) is 22.7 Å². The van der Waals surface area contributed by atoms with Crippen LogP contribution in [0.5, 0.6) is 0 Å². The van der Waals surface area contributed by atoms with Crippen molar-refractivity contribution >= 4 is 33.6 Å². The van der Waals surface area contributed by atoms with Gasteiger partial charge in [-0.05, 0) is 40.0 Å². The van der Waals surface area contributed by atoms with Gasteiger partial charge in [-0.2, -0.15) is 5.26 Å². The third-order valence-corrected chi connectivity index (χ3v) is 3.59. The first-order valence-corrected chi connectivity index (χ1v) is 7.21. The van der Waals surface area contributed by atoms with Crippen LogP contribution >= 0.6 is 15.9 Å². The molecule has 0 aliphatic rings. The number of amides is 2. The van der Waals surface area contributed by atoms with Gasteiger partial charge in [0.15, 0.2) is 0 Å². The molecule has 1 unspecified atom stereocenters. The lowest BCUT2D eigenvalue weighted by Gasteiger charge is -2.14. The van der Waals surface area contributed by atoms with Crippen molar-refractivity contribution in [2.75, 3.05) is 11.9 Å². The number of hydrogen-bond acceptors (Lipinski definition) is 3. The van der Waals surface area contributed by atoms with E-state index in [-0.39, 0.29) is 12.3 Å². The minimum absolute atomic E-state index is 0.0251. The highest BCUT2D eigenvalue weighted by molar-refractivity contribution is 9.10. The maximum Gasteiger partial charge on any atom is 0.319 e. The maximum atomic E-state index is 11.8. The van der Waals surface area contributed by atoms with E-state index in [1.54, 1.807) is 18.2 Å². The van der Waals surface area contributed by atoms with E-state index in [4.69, 9.17) is 10.4 Å². The fourth-order valence-corrected chi connectivity index (χ4v) is 2.18. The molecule has 6 nitrogen and oxygen atoms in total. The molecule has 7 heteroatoms. The van der Waals surface area contributed by atoms with Gasteiger partial charge in [0.05, 0.1) is 17.3 Å². The van der Waals surface area contributed by atoms with Gasteiger partial charge in [0.2, 0.25) is 0 Å².